The van der Waals surface area contributed by atoms with Crippen molar-refractivity contribution in [3.05, 3.63) is 36.0 Å². The number of guanidine groups is 1. The van der Waals surface area contributed by atoms with E-state index in [-0.39, 0.29) is 31.3 Å². The van der Waals surface area contributed by atoms with Gasteiger partial charge in [0.1, 0.15) is 18.1 Å². The average Bonchev–Trinajstić information content (AvgIpc) is 3.60. The molecule has 1 aromatic heterocycles. The van der Waals surface area contributed by atoms with Crippen molar-refractivity contribution in [2.45, 2.75) is 62.7 Å². The van der Waals surface area contributed by atoms with Crippen LogP contribution in [-0.4, -0.2) is 82.9 Å². The molecule has 15 nitrogen and oxygen atoms in total. The van der Waals surface area contributed by atoms with Gasteiger partial charge in [-0.2, -0.15) is 0 Å². The number of nitrogens with two attached hydrogens (primary N) is 3. The summed E-state index contributed by atoms with van der Waals surface area (Å²) in [6, 6.07) is 2.90. The van der Waals surface area contributed by atoms with Gasteiger partial charge in [-0.1, -0.05) is 18.2 Å². The van der Waals surface area contributed by atoms with Crippen LogP contribution < -0.4 is 38.5 Å². The Morgan fingerprint density at radius 3 is 2.37 bits per heavy atom. The van der Waals surface area contributed by atoms with E-state index in [2.05, 4.69) is 31.2 Å². The summed E-state index contributed by atoms with van der Waals surface area (Å²) in [6.45, 7) is 0.868. The number of carboxylic acid groups (broad SMARTS) is 1. The Bertz CT molecular complexity index is 1280. The lowest BCUT2D eigenvalue weighted by Gasteiger charge is -2.24. The number of aromatic amines is 1. The van der Waals surface area contributed by atoms with Crippen molar-refractivity contribution in [3.8, 4) is 0 Å². The minimum atomic E-state index is -1.48. The predicted octanol–water partition coefficient (Wildman–Crippen LogP) is -2.07. The minimum absolute atomic E-state index is 0.0554. The van der Waals surface area contributed by atoms with Crippen molar-refractivity contribution in [2.75, 3.05) is 13.1 Å². The number of rotatable bonds is 15. The number of fused-ring (bicyclic) bond motifs is 1. The molecule has 0 radical (unpaired) electrons. The zero-order valence-corrected chi connectivity index (χ0v) is 22.5. The number of carbonyl (C=O) groups is 5. The molecule has 1 aromatic carbocycles. The Morgan fingerprint density at radius 2 is 1.71 bits per heavy atom. The molecule has 4 amide bonds. The van der Waals surface area contributed by atoms with Crippen molar-refractivity contribution in [1.82, 2.24) is 26.3 Å². The van der Waals surface area contributed by atoms with Crippen LogP contribution in [0.2, 0.25) is 0 Å². The molecule has 0 saturated carbocycles. The number of primary amides is 1. The maximum absolute atomic E-state index is 13.3. The SMILES string of the molecule is NC(=O)CC(NC(=O)C(CCCN=C(N)N)NC(=O)C1CCCN1)C(=O)NC(Cc1c[nH]c2ccccc12)C(=O)O. The fourth-order valence-corrected chi connectivity index (χ4v) is 4.63. The molecule has 1 aliphatic rings. The molecular weight excluding hydrogens is 534 g/mol. The molecule has 2 heterocycles. The van der Waals surface area contributed by atoms with Gasteiger partial charge < -0.3 is 48.6 Å². The van der Waals surface area contributed by atoms with Gasteiger partial charge in [-0.05, 0) is 43.9 Å². The fraction of sp³-hybridized carbons (Fsp3) is 0.462. The summed E-state index contributed by atoms with van der Waals surface area (Å²) in [4.78, 5) is 69.9. The van der Waals surface area contributed by atoms with E-state index in [0.717, 1.165) is 17.3 Å². The summed E-state index contributed by atoms with van der Waals surface area (Å²) < 4.78 is 0. The molecule has 1 saturated heterocycles. The number of para-hydroxylation sites is 1. The number of aliphatic imine (C=N–C) groups is 1. The summed E-state index contributed by atoms with van der Waals surface area (Å²) in [5.74, 6) is -4.35. The molecule has 0 aliphatic carbocycles. The van der Waals surface area contributed by atoms with Crippen molar-refractivity contribution in [1.29, 1.82) is 0 Å². The first-order chi connectivity index (χ1) is 19.5. The number of amides is 4. The zero-order valence-electron chi connectivity index (χ0n) is 22.5. The lowest BCUT2D eigenvalue weighted by atomic mass is 10.0. The number of carbonyl (C=O) groups excluding carboxylic acids is 4. The number of aromatic nitrogens is 1. The Morgan fingerprint density at radius 1 is 1.00 bits per heavy atom. The first-order valence-corrected chi connectivity index (χ1v) is 13.3. The zero-order chi connectivity index (χ0) is 29.9. The van der Waals surface area contributed by atoms with Crippen LogP contribution in [0.25, 0.3) is 10.9 Å². The number of hydrogen-bond donors (Lipinski definition) is 9. The summed E-state index contributed by atoms with van der Waals surface area (Å²) in [5.41, 5.74) is 17.5. The molecule has 41 heavy (non-hydrogen) atoms. The van der Waals surface area contributed by atoms with Crippen LogP contribution >= 0.6 is 0 Å². The van der Waals surface area contributed by atoms with Crippen LogP contribution in [0.4, 0.5) is 0 Å². The van der Waals surface area contributed by atoms with E-state index < -0.39 is 54.3 Å². The first kappa shape index (κ1) is 30.9. The highest BCUT2D eigenvalue weighted by atomic mass is 16.4. The Hall–Kier alpha value is -4.66. The third-order valence-electron chi connectivity index (χ3n) is 6.71. The molecule has 4 atom stereocenters. The van der Waals surface area contributed by atoms with Crippen LogP contribution in [0, 0.1) is 0 Å². The third-order valence-corrected chi connectivity index (χ3v) is 6.71. The molecular formula is C26H37N9O6. The van der Waals surface area contributed by atoms with E-state index in [1.54, 1.807) is 6.20 Å². The second kappa shape index (κ2) is 14.6. The number of nitrogens with zero attached hydrogens (tertiary/aromatic N) is 1. The number of hydrogen-bond acceptors (Lipinski definition) is 7. The van der Waals surface area contributed by atoms with Crippen LogP contribution in [0.1, 0.15) is 37.7 Å². The monoisotopic (exact) mass is 571 g/mol. The number of benzene rings is 1. The first-order valence-electron chi connectivity index (χ1n) is 13.3. The standard InChI is InChI=1S/C26H37N9O6/c27-21(36)12-19(24(39)35-20(25(40)41)11-14-13-32-16-6-2-1-5-15(14)16)34-23(38)18(8-4-10-31-26(28)29)33-22(37)17-7-3-9-30-17/h1-2,5-6,13,17-20,30,32H,3-4,7-12H2,(H2,27,36)(H,33,37)(H,34,38)(H,35,39)(H,40,41)(H4,28,29,31). The van der Waals surface area contributed by atoms with Gasteiger partial charge >= 0.3 is 5.97 Å². The molecule has 0 spiro atoms. The van der Waals surface area contributed by atoms with Gasteiger partial charge in [0.25, 0.3) is 0 Å². The third kappa shape index (κ3) is 9.20. The second-order valence-electron chi connectivity index (χ2n) is 9.85. The normalized spacial score (nSPS) is 16.7. The molecule has 4 unspecified atom stereocenters. The van der Waals surface area contributed by atoms with Crippen molar-refractivity contribution in [2.24, 2.45) is 22.2 Å². The van der Waals surface area contributed by atoms with Gasteiger partial charge in [-0.15, -0.1) is 0 Å². The lowest BCUT2D eigenvalue weighted by Crippen LogP contribution is -2.57. The highest BCUT2D eigenvalue weighted by Gasteiger charge is 2.32. The molecule has 12 N–H and O–H groups in total. The average molecular weight is 572 g/mol. The Balaban J connectivity index is 1.72. The summed E-state index contributed by atoms with van der Waals surface area (Å²) in [6.07, 6.45) is 2.88. The largest absolute Gasteiger partial charge is 0.480 e. The molecule has 1 fully saturated rings. The lowest BCUT2D eigenvalue weighted by molar-refractivity contribution is -0.142. The molecule has 222 valence electrons. The van der Waals surface area contributed by atoms with Crippen LogP contribution in [0.5, 0.6) is 0 Å². The number of carboxylic acids is 1. The number of aliphatic carboxylic acids is 1. The Kier molecular flexibility index (Phi) is 11.0. The van der Waals surface area contributed by atoms with E-state index in [4.69, 9.17) is 17.2 Å². The van der Waals surface area contributed by atoms with Gasteiger partial charge in [0, 0.05) is 30.1 Å². The summed E-state index contributed by atoms with van der Waals surface area (Å²) >= 11 is 0. The van der Waals surface area contributed by atoms with Gasteiger partial charge in [0.15, 0.2) is 5.96 Å². The minimum Gasteiger partial charge on any atom is -0.480 e. The highest BCUT2D eigenvalue weighted by Crippen LogP contribution is 2.19. The van der Waals surface area contributed by atoms with Crippen molar-refractivity contribution >= 4 is 46.5 Å². The fourth-order valence-electron chi connectivity index (χ4n) is 4.63. The predicted molar refractivity (Wildman–Crippen MR) is 150 cm³/mol. The van der Waals surface area contributed by atoms with Crippen LogP contribution in [0.15, 0.2) is 35.5 Å². The maximum Gasteiger partial charge on any atom is 0.326 e. The molecule has 3 rings (SSSR count). The molecule has 2 aromatic rings. The molecule has 15 heteroatoms. The van der Waals surface area contributed by atoms with Crippen molar-refractivity contribution < 1.29 is 29.1 Å². The van der Waals surface area contributed by atoms with E-state index in [9.17, 15) is 29.1 Å². The van der Waals surface area contributed by atoms with E-state index >= 15 is 0 Å². The number of nitrogens with one attached hydrogen (secondary N) is 5. The van der Waals surface area contributed by atoms with Crippen LogP contribution in [0.3, 0.4) is 0 Å². The van der Waals surface area contributed by atoms with E-state index in [0.29, 0.717) is 24.9 Å². The van der Waals surface area contributed by atoms with Crippen molar-refractivity contribution in [3.63, 3.8) is 0 Å². The topological polar surface area (TPSA) is 260 Å². The summed E-state index contributed by atoms with van der Waals surface area (Å²) in [7, 11) is 0. The van der Waals surface area contributed by atoms with E-state index in [1.165, 1.54) is 0 Å². The van der Waals surface area contributed by atoms with Gasteiger partial charge in [-0.25, -0.2) is 4.79 Å². The second-order valence-corrected chi connectivity index (χ2v) is 9.85. The highest BCUT2D eigenvalue weighted by molar-refractivity contribution is 5.96. The Labute approximate surface area is 236 Å². The number of H-pyrrole nitrogens is 1. The van der Waals surface area contributed by atoms with Gasteiger partial charge in [0.2, 0.25) is 23.6 Å². The summed E-state index contributed by atoms with van der Waals surface area (Å²) in [5, 5.41) is 21.2. The van der Waals surface area contributed by atoms with E-state index in [1.807, 2.05) is 24.3 Å². The van der Waals surface area contributed by atoms with Gasteiger partial charge in [0.05, 0.1) is 12.5 Å². The molecule has 1 aliphatic heterocycles. The maximum atomic E-state index is 13.3. The van der Waals surface area contributed by atoms with Gasteiger partial charge in [-0.3, -0.25) is 24.2 Å². The smallest absolute Gasteiger partial charge is 0.326 e. The van der Waals surface area contributed by atoms with Crippen LogP contribution in [-0.2, 0) is 30.4 Å². The molecule has 0 bridgehead atoms. The quantitative estimate of drug-likeness (QED) is 0.0645.